The van der Waals surface area contributed by atoms with Crippen molar-refractivity contribution in [2.75, 3.05) is 49.5 Å². The number of ether oxygens (including phenoxy) is 1. The lowest BCUT2D eigenvalue weighted by molar-refractivity contribution is 0.188. The van der Waals surface area contributed by atoms with Gasteiger partial charge in [0.2, 0.25) is 11.9 Å². The molecule has 8 nitrogen and oxygen atoms in total. The summed E-state index contributed by atoms with van der Waals surface area (Å²) in [6.45, 7) is 6.05. The molecule has 9 heteroatoms. The Labute approximate surface area is 180 Å². The van der Waals surface area contributed by atoms with Crippen LogP contribution >= 0.6 is 0 Å². The third-order valence-electron chi connectivity index (χ3n) is 4.97. The topological polar surface area (TPSA) is 86.6 Å². The second-order valence-electron chi connectivity index (χ2n) is 7.26. The largest absolute Gasteiger partial charge is 0.457 e. The van der Waals surface area contributed by atoms with E-state index >= 15 is 0 Å². The number of benzene rings is 2. The maximum Gasteiger partial charge on any atom is 0.232 e. The molecule has 0 aliphatic carbocycles. The van der Waals surface area contributed by atoms with Crippen LogP contribution in [0.4, 0.5) is 22.0 Å². The summed E-state index contributed by atoms with van der Waals surface area (Å²) < 4.78 is 18.7. The van der Waals surface area contributed by atoms with Gasteiger partial charge in [-0.3, -0.25) is 4.90 Å². The molecule has 2 heterocycles. The van der Waals surface area contributed by atoms with Crippen LogP contribution in [-0.2, 0) is 0 Å². The van der Waals surface area contributed by atoms with E-state index in [0.29, 0.717) is 35.8 Å². The van der Waals surface area contributed by atoms with E-state index in [1.54, 1.807) is 12.1 Å². The molecule has 0 radical (unpaired) electrons. The van der Waals surface area contributed by atoms with Crippen LogP contribution in [0.15, 0.2) is 48.5 Å². The van der Waals surface area contributed by atoms with E-state index < -0.39 is 0 Å². The Hall–Kier alpha value is -3.30. The lowest BCUT2D eigenvalue weighted by Crippen LogP contribution is -2.47. The molecule has 1 aliphatic heterocycles. The molecular formula is C22H25FN6O2. The summed E-state index contributed by atoms with van der Waals surface area (Å²) in [6, 6.07) is 13.3. The average molecular weight is 424 g/mol. The third kappa shape index (κ3) is 5.65. The zero-order valence-corrected chi connectivity index (χ0v) is 17.3. The fourth-order valence-electron chi connectivity index (χ4n) is 3.35. The summed E-state index contributed by atoms with van der Waals surface area (Å²) in [7, 11) is 0. The zero-order chi connectivity index (χ0) is 21.6. The first-order valence-corrected chi connectivity index (χ1v) is 10.2. The molecule has 0 saturated carbocycles. The summed E-state index contributed by atoms with van der Waals surface area (Å²) in [5.74, 6) is 2.68. The van der Waals surface area contributed by atoms with Gasteiger partial charge < -0.3 is 20.1 Å². The SMILES string of the molecule is Cc1nc(Nc2ccc(Oc3ccc(F)cc3)cc2)nc(N2CCN(CCO)CC2)n1. The number of aliphatic hydroxyl groups is 1. The minimum atomic E-state index is -0.300. The van der Waals surface area contributed by atoms with Gasteiger partial charge in [-0.05, 0) is 55.5 Å². The van der Waals surface area contributed by atoms with Crippen molar-refractivity contribution in [3.63, 3.8) is 0 Å². The monoisotopic (exact) mass is 424 g/mol. The molecular weight excluding hydrogens is 399 g/mol. The second kappa shape index (κ2) is 9.67. The van der Waals surface area contributed by atoms with Crippen molar-refractivity contribution in [1.29, 1.82) is 0 Å². The Morgan fingerprint density at radius 2 is 1.58 bits per heavy atom. The molecule has 31 heavy (non-hydrogen) atoms. The number of hydrogen-bond acceptors (Lipinski definition) is 8. The minimum Gasteiger partial charge on any atom is -0.457 e. The molecule has 0 amide bonds. The summed E-state index contributed by atoms with van der Waals surface area (Å²) >= 11 is 0. The van der Waals surface area contributed by atoms with E-state index in [4.69, 9.17) is 9.84 Å². The molecule has 3 aromatic rings. The lowest BCUT2D eigenvalue weighted by Gasteiger charge is -2.34. The number of piperazine rings is 1. The van der Waals surface area contributed by atoms with Crippen LogP contribution in [0.25, 0.3) is 0 Å². The van der Waals surface area contributed by atoms with Gasteiger partial charge in [0.15, 0.2) is 0 Å². The number of aryl methyl sites for hydroxylation is 1. The van der Waals surface area contributed by atoms with Crippen molar-refractivity contribution in [3.8, 4) is 11.5 Å². The van der Waals surface area contributed by atoms with Crippen molar-refractivity contribution in [2.24, 2.45) is 0 Å². The Morgan fingerprint density at radius 1 is 0.935 bits per heavy atom. The van der Waals surface area contributed by atoms with E-state index in [2.05, 4.69) is 30.1 Å². The number of β-amino-alcohol motifs (C(OH)–C–C–N with tert-alkyl or cyclic N) is 1. The van der Waals surface area contributed by atoms with E-state index in [0.717, 1.165) is 31.9 Å². The highest BCUT2D eigenvalue weighted by atomic mass is 19.1. The Morgan fingerprint density at radius 3 is 2.23 bits per heavy atom. The van der Waals surface area contributed by atoms with Gasteiger partial charge in [0, 0.05) is 38.4 Å². The van der Waals surface area contributed by atoms with Crippen molar-refractivity contribution < 1.29 is 14.2 Å². The quantitative estimate of drug-likeness (QED) is 0.599. The number of rotatable bonds is 7. The summed E-state index contributed by atoms with van der Waals surface area (Å²) in [5, 5.41) is 12.3. The molecule has 1 aromatic heterocycles. The molecule has 1 fully saturated rings. The summed E-state index contributed by atoms with van der Waals surface area (Å²) in [5.41, 5.74) is 0.816. The maximum atomic E-state index is 13.0. The molecule has 162 valence electrons. The van der Waals surface area contributed by atoms with Crippen LogP contribution in [0.1, 0.15) is 5.82 Å². The Bertz CT molecular complexity index is 992. The van der Waals surface area contributed by atoms with Crippen LogP contribution < -0.4 is 15.0 Å². The predicted octanol–water partition coefficient (Wildman–Crippen LogP) is 2.97. The Kier molecular flexibility index (Phi) is 6.54. The molecule has 0 unspecified atom stereocenters. The molecule has 2 N–H and O–H groups in total. The summed E-state index contributed by atoms with van der Waals surface area (Å²) in [6.07, 6.45) is 0. The minimum absolute atomic E-state index is 0.173. The zero-order valence-electron chi connectivity index (χ0n) is 17.3. The van der Waals surface area contributed by atoms with Crippen molar-refractivity contribution in [3.05, 3.63) is 60.2 Å². The van der Waals surface area contributed by atoms with Gasteiger partial charge in [0.1, 0.15) is 23.1 Å². The van der Waals surface area contributed by atoms with Crippen LogP contribution in [0, 0.1) is 12.7 Å². The number of hydrogen-bond donors (Lipinski definition) is 2. The summed E-state index contributed by atoms with van der Waals surface area (Å²) in [4.78, 5) is 17.8. The van der Waals surface area contributed by atoms with E-state index in [1.807, 2.05) is 31.2 Å². The average Bonchev–Trinajstić information content (AvgIpc) is 2.77. The van der Waals surface area contributed by atoms with Gasteiger partial charge in [-0.1, -0.05) is 0 Å². The van der Waals surface area contributed by atoms with E-state index in [1.165, 1.54) is 12.1 Å². The standard InChI is InChI=1S/C22H25FN6O2/c1-16-24-21(27-22(25-16)29-12-10-28(11-13-29)14-15-30)26-18-4-8-20(9-5-18)31-19-6-2-17(23)3-7-19/h2-9,30H,10-15H2,1H3,(H,24,25,26,27). The molecule has 4 rings (SSSR count). The first-order chi connectivity index (χ1) is 15.1. The molecule has 1 aliphatic rings. The fourth-order valence-corrected chi connectivity index (χ4v) is 3.35. The third-order valence-corrected chi connectivity index (χ3v) is 4.97. The first kappa shape index (κ1) is 21.0. The highest BCUT2D eigenvalue weighted by Gasteiger charge is 2.19. The predicted molar refractivity (Wildman–Crippen MR) is 117 cm³/mol. The second-order valence-corrected chi connectivity index (χ2v) is 7.26. The van der Waals surface area contributed by atoms with Crippen molar-refractivity contribution >= 4 is 17.6 Å². The number of anilines is 3. The van der Waals surface area contributed by atoms with E-state index in [-0.39, 0.29) is 12.4 Å². The smallest absolute Gasteiger partial charge is 0.232 e. The first-order valence-electron chi connectivity index (χ1n) is 10.2. The number of nitrogens with one attached hydrogen (secondary N) is 1. The molecule has 0 bridgehead atoms. The highest BCUT2D eigenvalue weighted by molar-refractivity contribution is 5.56. The number of nitrogens with zero attached hydrogens (tertiary/aromatic N) is 5. The molecule has 0 spiro atoms. The number of halogens is 1. The normalized spacial score (nSPS) is 14.5. The number of aromatic nitrogens is 3. The molecule has 1 saturated heterocycles. The van der Waals surface area contributed by atoms with Crippen LogP contribution in [-0.4, -0.2) is 64.3 Å². The van der Waals surface area contributed by atoms with Crippen LogP contribution in [0.3, 0.4) is 0 Å². The van der Waals surface area contributed by atoms with Gasteiger partial charge in [-0.2, -0.15) is 15.0 Å². The maximum absolute atomic E-state index is 13.0. The Balaban J connectivity index is 1.40. The van der Waals surface area contributed by atoms with Gasteiger partial charge in [-0.15, -0.1) is 0 Å². The number of aliphatic hydroxyl groups excluding tert-OH is 1. The fraction of sp³-hybridized carbons (Fsp3) is 0.318. The molecule has 0 atom stereocenters. The van der Waals surface area contributed by atoms with Crippen LogP contribution in [0.2, 0.25) is 0 Å². The lowest BCUT2D eigenvalue weighted by atomic mass is 10.3. The van der Waals surface area contributed by atoms with Crippen molar-refractivity contribution in [1.82, 2.24) is 19.9 Å². The van der Waals surface area contributed by atoms with E-state index in [9.17, 15) is 4.39 Å². The van der Waals surface area contributed by atoms with Crippen LogP contribution in [0.5, 0.6) is 11.5 Å². The van der Waals surface area contributed by atoms with Gasteiger partial charge in [0.05, 0.1) is 6.61 Å². The van der Waals surface area contributed by atoms with Crippen molar-refractivity contribution in [2.45, 2.75) is 6.92 Å². The van der Waals surface area contributed by atoms with Gasteiger partial charge in [0.25, 0.3) is 0 Å². The molecule has 2 aromatic carbocycles. The van der Waals surface area contributed by atoms with Gasteiger partial charge >= 0.3 is 0 Å². The highest BCUT2D eigenvalue weighted by Crippen LogP contribution is 2.24. The van der Waals surface area contributed by atoms with Gasteiger partial charge in [-0.25, -0.2) is 4.39 Å².